The molecule has 0 unspecified atom stereocenters. The lowest BCUT2D eigenvalue weighted by Crippen LogP contribution is -2.45. The SMILES string of the molecule is COc1ccc(NC(=O)C2=C(C)NC(=S)N[C@H]2c2ccc(OC)c(OC)c2)cc1. The molecular weight excluding hydrogens is 390 g/mol. The normalized spacial score (nSPS) is 15.9. The average Bonchev–Trinajstić information content (AvgIpc) is 2.73. The number of methoxy groups -OCH3 is 3. The zero-order valence-corrected chi connectivity index (χ0v) is 17.5. The van der Waals surface area contributed by atoms with Crippen LogP contribution in [-0.4, -0.2) is 32.3 Å². The fraction of sp³-hybridized carbons (Fsp3) is 0.238. The van der Waals surface area contributed by atoms with Gasteiger partial charge in [0.1, 0.15) is 5.75 Å². The molecule has 8 heteroatoms. The van der Waals surface area contributed by atoms with Crippen molar-refractivity contribution in [1.29, 1.82) is 0 Å². The minimum Gasteiger partial charge on any atom is -0.497 e. The van der Waals surface area contributed by atoms with Crippen molar-refractivity contribution in [2.45, 2.75) is 13.0 Å². The number of nitrogens with one attached hydrogen (secondary N) is 3. The molecule has 152 valence electrons. The third-order valence-corrected chi connectivity index (χ3v) is 4.82. The van der Waals surface area contributed by atoms with Gasteiger partial charge in [0.25, 0.3) is 5.91 Å². The molecule has 0 fully saturated rings. The molecular formula is C21H23N3O4S. The van der Waals surface area contributed by atoms with Crippen molar-refractivity contribution < 1.29 is 19.0 Å². The summed E-state index contributed by atoms with van der Waals surface area (Å²) in [6, 6.07) is 12.2. The molecule has 1 atom stereocenters. The number of hydrogen-bond donors (Lipinski definition) is 3. The van der Waals surface area contributed by atoms with E-state index in [4.69, 9.17) is 26.4 Å². The molecule has 7 nitrogen and oxygen atoms in total. The summed E-state index contributed by atoms with van der Waals surface area (Å²) < 4.78 is 15.9. The van der Waals surface area contributed by atoms with E-state index in [2.05, 4.69) is 16.0 Å². The van der Waals surface area contributed by atoms with Gasteiger partial charge in [-0.25, -0.2) is 0 Å². The Labute approximate surface area is 175 Å². The molecule has 0 spiro atoms. The van der Waals surface area contributed by atoms with E-state index in [-0.39, 0.29) is 5.91 Å². The fourth-order valence-electron chi connectivity index (χ4n) is 3.15. The molecule has 1 amide bonds. The highest BCUT2D eigenvalue weighted by Gasteiger charge is 2.30. The molecule has 0 aromatic heterocycles. The van der Waals surface area contributed by atoms with E-state index in [9.17, 15) is 4.79 Å². The predicted molar refractivity (Wildman–Crippen MR) is 115 cm³/mol. The maximum absolute atomic E-state index is 13.1. The molecule has 29 heavy (non-hydrogen) atoms. The topological polar surface area (TPSA) is 80.9 Å². The molecule has 3 rings (SSSR count). The minimum atomic E-state index is -0.443. The Morgan fingerprint density at radius 3 is 2.31 bits per heavy atom. The van der Waals surface area contributed by atoms with Crippen molar-refractivity contribution in [3.05, 3.63) is 59.3 Å². The zero-order valence-electron chi connectivity index (χ0n) is 16.7. The van der Waals surface area contributed by atoms with Gasteiger partial charge >= 0.3 is 0 Å². The quantitative estimate of drug-likeness (QED) is 0.628. The molecule has 0 bridgehead atoms. The summed E-state index contributed by atoms with van der Waals surface area (Å²) in [7, 11) is 4.74. The second-order valence-electron chi connectivity index (χ2n) is 6.37. The van der Waals surface area contributed by atoms with Gasteiger partial charge in [-0.2, -0.15) is 0 Å². The number of rotatable bonds is 6. The van der Waals surface area contributed by atoms with Crippen LogP contribution in [0.15, 0.2) is 53.7 Å². The molecule has 1 aliphatic heterocycles. The molecule has 3 N–H and O–H groups in total. The molecule has 0 aliphatic carbocycles. The van der Waals surface area contributed by atoms with E-state index in [1.54, 1.807) is 51.7 Å². The number of ether oxygens (including phenoxy) is 3. The van der Waals surface area contributed by atoms with Crippen molar-refractivity contribution in [2.75, 3.05) is 26.6 Å². The minimum absolute atomic E-state index is 0.241. The lowest BCUT2D eigenvalue weighted by atomic mass is 9.94. The van der Waals surface area contributed by atoms with Gasteiger partial charge in [-0.3, -0.25) is 4.79 Å². The molecule has 0 saturated carbocycles. The number of amides is 1. The predicted octanol–water partition coefficient (Wildman–Crippen LogP) is 3.14. The van der Waals surface area contributed by atoms with Crippen LogP contribution in [-0.2, 0) is 4.79 Å². The average molecular weight is 413 g/mol. The number of hydrogen-bond acceptors (Lipinski definition) is 5. The van der Waals surface area contributed by atoms with Gasteiger partial charge in [0.15, 0.2) is 16.6 Å². The second-order valence-corrected chi connectivity index (χ2v) is 6.78. The van der Waals surface area contributed by atoms with Crippen LogP contribution in [0.25, 0.3) is 0 Å². The summed E-state index contributed by atoms with van der Waals surface area (Å²) in [6.07, 6.45) is 0. The number of thiocarbonyl (C=S) groups is 1. The van der Waals surface area contributed by atoms with E-state index >= 15 is 0 Å². The van der Waals surface area contributed by atoms with Crippen molar-refractivity contribution in [2.24, 2.45) is 0 Å². The van der Waals surface area contributed by atoms with Crippen molar-refractivity contribution in [1.82, 2.24) is 10.6 Å². The van der Waals surface area contributed by atoms with Crippen LogP contribution < -0.4 is 30.2 Å². The Hall–Kier alpha value is -3.26. The van der Waals surface area contributed by atoms with E-state index in [1.165, 1.54) is 0 Å². The van der Waals surface area contributed by atoms with E-state index in [0.29, 0.717) is 39.3 Å². The summed E-state index contributed by atoms with van der Waals surface area (Å²) in [6.45, 7) is 1.82. The van der Waals surface area contributed by atoms with Crippen LogP contribution in [0, 0.1) is 0 Å². The van der Waals surface area contributed by atoms with E-state index in [1.807, 2.05) is 19.1 Å². The Morgan fingerprint density at radius 2 is 1.69 bits per heavy atom. The Balaban J connectivity index is 1.94. The maximum atomic E-state index is 13.1. The Bertz CT molecular complexity index is 957. The molecule has 2 aromatic rings. The first-order valence-corrected chi connectivity index (χ1v) is 9.33. The van der Waals surface area contributed by atoms with E-state index < -0.39 is 6.04 Å². The first-order chi connectivity index (χ1) is 14.0. The second kappa shape index (κ2) is 8.83. The van der Waals surface area contributed by atoms with Gasteiger partial charge in [-0.15, -0.1) is 0 Å². The van der Waals surface area contributed by atoms with Crippen molar-refractivity contribution in [3.63, 3.8) is 0 Å². The van der Waals surface area contributed by atoms with Crippen LogP contribution in [0.1, 0.15) is 18.5 Å². The van der Waals surface area contributed by atoms with Crippen LogP contribution in [0.4, 0.5) is 5.69 Å². The first kappa shape index (κ1) is 20.5. The largest absolute Gasteiger partial charge is 0.497 e. The highest BCUT2D eigenvalue weighted by Crippen LogP contribution is 2.34. The number of carbonyl (C=O) groups excluding carboxylic acids is 1. The van der Waals surface area contributed by atoms with Gasteiger partial charge in [0.05, 0.1) is 32.9 Å². The summed E-state index contributed by atoms with van der Waals surface area (Å²) in [5.74, 6) is 1.66. The first-order valence-electron chi connectivity index (χ1n) is 8.92. The monoisotopic (exact) mass is 413 g/mol. The molecule has 1 heterocycles. The standard InChI is InChI=1S/C21H23N3O4S/c1-12-18(20(25)23-14-6-8-15(26-2)9-7-14)19(24-21(29)22-12)13-5-10-16(27-3)17(11-13)28-4/h5-11,19H,1-4H3,(H,23,25)(H2,22,24,29)/t19-/m0/s1. The molecule has 0 saturated heterocycles. The highest BCUT2D eigenvalue weighted by atomic mass is 32.1. The number of anilines is 1. The Morgan fingerprint density at radius 1 is 1.00 bits per heavy atom. The van der Waals surface area contributed by atoms with E-state index in [0.717, 1.165) is 5.56 Å². The number of allylic oxidation sites excluding steroid dienone is 1. The fourth-order valence-corrected chi connectivity index (χ4v) is 3.42. The number of benzene rings is 2. The van der Waals surface area contributed by atoms with Crippen LogP contribution in [0.5, 0.6) is 17.2 Å². The third-order valence-electron chi connectivity index (χ3n) is 4.60. The van der Waals surface area contributed by atoms with Gasteiger partial charge in [-0.1, -0.05) is 6.07 Å². The van der Waals surface area contributed by atoms with Crippen molar-refractivity contribution in [3.8, 4) is 17.2 Å². The van der Waals surface area contributed by atoms with Gasteiger partial charge in [-0.05, 0) is 61.1 Å². The highest BCUT2D eigenvalue weighted by molar-refractivity contribution is 7.80. The summed E-state index contributed by atoms with van der Waals surface area (Å²) in [4.78, 5) is 13.1. The third kappa shape index (κ3) is 4.43. The maximum Gasteiger partial charge on any atom is 0.255 e. The van der Waals surface area contributed by atoms with Gasteiger partial charge in [0, 0.05) is 11.4 Å². The van der Waals surface area contributed by atoms with Gasteiger partial charge < -0.3 is 30.2 Å². The van der Waals surface area contributed by atoms with Crippen LogP contribution in [0.2, 0.25) is 0 Å². The van der Waals surface area contributed by atoms with Crippen LogP contribution >= 0.6 is 12.2 Å². The van der Waals surface area contributed by atoms with Crippen molar-refractivity contribution >= 4 is 28.9 Å². The number of carbonyl (C=O) groups is 1. The summed E-state index contributed by atoms with van der Waals surface area (Å²) in [5.41, 5.74) is 2.70. The molecule has 0 radical (unpaired) electrons. The zero-order chi connectivity index (χ0) is 21.0. The lowest BCUT2D eigenvalue weighted by molar-refractivity contribution is -0.113. The Kier molecular flexibility index (Phi) is 6.23. The van der Waals surface area contributed by atoms with Gasteiger partial charge in [0.2, 0.25) is 0 Å². The summed E-state index contributed by atoms with van der Waals surface area (Å²) in [5, 5.41) is 9.58. The smallest absolute Gasteiger partial charge is 0.255 e. The van der Waals surface area contributed by atoms with Crippen LogP contribution in [0.3, 0.4) is 0 Å². The molecule has 2 aromatic carbocycles. The summed E-state index contributed by atoms with van der Waals surface area (Å²) >= 11 is 5.31. The molecule has 1 aliphatic rings. The lowest BCUT2D eigenvalue weighted by Gasteiger charge is -2.30.